The number of nitrogens with one attached hydrogen (secondary N) is 1. The van der Waals surface area contributed by atoms with Gasteiger partial charge in [0.2, 0.25) is 0 Å². The summed E-state index contributed by atoms with van der Waals surface area (Å²) in [7, 11) is 0. The molecule has 0 fully saturated rings. The number of anilines is 2. The highest BCUT2D eigenvalue weighted by Gasteiger charge is 2.14. The van der Waals surface area contributed by atoms with Crippen molar-refractivity contribution in [1.29, 1.82) is 0 Å². The molecule has 0 unspecified atom stereocenters. The van der Waals surface area contributed by atoms with E-state index in [1.807, 2.05) is 12.1 Å². The summed E-state index contributed by atoms with van der Waals surface area (Å²) in [6.45, 7) is 0. The van der Waals surface area contributed by atoms with E-state index < -0.39 is 5.91 Å². The van der Waals surface area contributed by atoms with Gasteiger partial charge in [-0.3, -0.25) is 14.8 Å². The van der Waals surface area contributed by atoms with Gasteiger partial charge in [0.1, 0.15) is 0 Å². The van der Waals surface area contributed by atoms with Crippen LogP contribution in [0.15, 0.2) is 61.1 Å². The van der Waals surface area contributed by atoms with Gasteiger partial charge in [0.15, 0.2) is 0 Å². The van der Waals surface area contributed by atoms with Crippen LogP contribution < -0.4 is 11.1 Å². The van der Waals surface area contributed by atoms with Crippen molar-refractivity contribution in [2.24, 2.45) is 5.73 Å². The Bertz CT molecular complexity index is 849. The summed E-state index contributed by atoms with van der Waals surface area (Å²) < 4.78 is 0. The van der Waals surface area contributed by atoms with Crippen LogP contribution in [0, 0.1) is 0 Å². The second-order valence-electron chi connectivity index (χ2n) is 4.82. The van der Waals surface area contributed by atoms with Crippen molar-refractivity contribution < 1.29 is 4.79 Å². The predicted octanol–water partition coefficient (Wildman–Crippen LogP) is 3.64. The van der Waals surface area contributed by atoms with Crippen LogP contribution in [-0.2, 0) is 0 Å². The summed E-state index contributed by atoms with van der Waals surface area (Å²) >= 11 is 5.90. The Morgan fingerprint density at radius 2 is 1.87 bits per heavy atom. The van der Waals surface area contributed by atoms with Crippen molar-refractivity contribution in [2.75, 3.05) is 5.32 Å². The SMILES string of the molecule is NC(=O)c1cccnc1-c1ccncc1Nc1ccc(Cl)cc1. The highest BCUT2D eigenvalue weighted by Crippen LogP contribution is 2.30. The van der Waals surface area contributed by atoms with Crippen LogP contribution in [-0.4, -0.2) is 15.9 Å². The lowest BCUT2D eigenvalue weighted by Gasteiger charge is -2.13. The van der Waals surface area contributed by atoms with Gasteiger partial charge in [-0.25, -0.2) is 0 Å². The smallest absolute Gasteiger partial charge is 0.250 e. The van der Waals surface area contributed by atoms with E-state index in [2.05, 4.69) is 15.3 Å². The van der Waals surface area contributed by atoms with Crippen molar-refractivity contribution >= 4 is 28.9 Å². The molecule has 6 heteroatoms. The molecule has 3 rings (SSSR count). The van der Waals surface area contributed by atoms with Crippen molar-refractivity contribution in [3.05, 3.63) is 71.6 Å². The van der Waals surface area contributed by atoms with Crippen LogP contribution in [0.2, 0.25) is 5.02 Å². The van der Waals surface area contributed by atoms with E-state index in [0.717, 1.165) is 16.9 Å². The third-order valence-corrected chi connectivity index (χ3v) is 3.52. The molecule has 23 heavy (non-hydrogen) atoms. The topological polar surface area (TPSA) is 80.9 Å². The number of pyridine rings is 2. The molecule has 0 bridgehead atoms. The maximum Gasteiger partial charge on any atom is 0.250 e. The Morgan fingerprint density at radius 1 is 1.09 bits per heavy atom. The van der Waals surface area contributed by atoms with Crippen molar-refractivity contribution in [1.82, 2.24) is 9.97 Å². The number of hydrogen-bond donors (Lipinski definition) is 2. The summed E-state index contributed by atoms with van der Waals surface area (Å²) in [6.07, 6.45) is 4.93. The number of primary amides is 1. The molecule has 1 amide bonds. The molecule has 2 heterocycles. The van der Waals surface area contributed by atoms with E-state index in [1.165, 1.54) is 0 Å². The summed E-state index contributed by atoms with van der Waals surface area (Å²) in [4.78, 5) is 20.1. The van der Waals surface area contributed by atoms with Crippen LogP contribution in [0.5, 0.6) is 0 Å². The summed E-state index contributed by atoms with van der Waals surface area (Å²) in [6, 6.07) is 12.4. The zero-order chi connectivity index (χ0) is 16.2. The standard InChI is InChI=1S/C17H13ClN4O/c18-11-3-5-12(6-4-11)22-15-10-20-9-7-13(15)16-14(17(19)23)2-1-8-21-16/h1-10,22H,(H2,19,23). The number of nitrogens with zero attached hydrogens (tertiary/aromatic N) is 2. The van der Waals surface area contributed by atoms with Crippen LogP contribution in [0.3, 0.4) is 0 Å². The van der Waals surface area contributed by atoms with Crippen LogP contribution >= 0.6 is 11.6 Å². The number of carbonyl (C=O) groups is 1. The molecule has 114 valence electrons. The van der Waals surface area contributed by atoms with Gasteiger partial charge in [-0.05, 0) is 42.5 Å². The molecule has 0 saturated carbocycles. The van der Waals surface area contributed by atoms with Gasteiger partial charge in [-0.15, -0.1) is 0 Å². The first-order valence-electron chi connectivity index (χ1n) is 6.87. The molecule has 1 aromatic carbocycles. The Hall–Kier alpha value is -2.92. The number of carbonyl (C=O) groups excluding carboxylic acids is 1. The minimum atomic E-state index is -0.526. The fraction of sp³-hybridized carbons (Fsp3) is 0. The van der Waals surface area contributed by atoms with Crippen molar-refractivity contribution in [3.8, 4) is 11.3 Å². The van der Waals surface area contributed by atoms with E-state index in [0.29, 0.717) is 16.3 Å². The van der Waals surface area contributed by atoms with Crippen LogP contribution in [0.1, 0.15) is 10.4 Å². The number of halogens is 1. The Labute approximate surface area is 138 Å². The normalized spacial score (nSPS) is 10.3. The molecule has 2 aromatic heterocycles. The number of nitrogens with two attached hydrogens (primary N) is 1. The fourth-order valence-electron chi connectivity index (χ4n) is 2.21. The second kappa shape index (κ2) is 6.46. The van der Waals surface area contributed by atoms with E-state index in [1.54, 1.807) is 48.9 Å². The maximum atomic E-state index is 11.6. The third kappa shape index (κ3) is 3.30. The van der Waals surface area contributed by atoms with Gasteiger partial charge in [0, 0.05) is 28.7 Å². The monoisotopic (exact) mass is 324 g/mol. The minimum absolute atomic E-state index is 0.359. The number of benzene rings is 1. The molecule has 0 aliphatic carbocycles. The molecule has 5 nitrogen and oxygen atoms in total. The highest BCUT2D eigenvalue weighted by molar-refractivity contribution is 6.30. The highest BCUT2D eigenvalue weighted by atomic mass is 35.5. The lowest BCUT2D eigenvalue weighted by atomic mass is 10.0. The van der Waals surface area contributed by atoms with Gasteiger partial charge in [0.25, 0.3) is 5.91 Å². The summed E-state index contributed by atoms with van der Waals surface area (Å²) in [5, 5.41) is 3.91. The number of amides is 1. The fourth-order valence-corrected chi connectivity index (χ4v) is 2.33. The lowest BCUT2D eigenvalue weighted by molar-refractivity contribution is 0.100. The minimum Gasteiger partial charge on any atom is -0.366 e. The quantitative estimate of drug-likeness (QED) is 0.767. The Morgan fingerprint density at radius 3 is 2.61 bits per heavy atom. The first-order valence-corrected chi connectivity index (χ1v) is 7.25. The predicted molar refractivity (Wildman–Crippen MR) is 90.7 cm³/mol. The van der Waals surface area contributed by atoms with Crippen LogP contribution in [0.4, 0.5) is 11.4 Å². The zero-order valence-corrected chi connectivity index (χ0v) is 12.8. The van der Waals surface area contributed by atoms with Gasteiger partial charge >= 0.3 is 0 Å². The van der Waals surface area contributed by atoms with Gasteiger partial charge < -0.3 is 11.1 Å². The zero-order valence-electron chi connectivity index (χ0n) is 12.0. The maximum absolute atomic E-state index is 11.6. The number of rotatable bonds is 4. The van der Waals surface area contributed by atoms with E-state index >= 15 is 0 Å². The Balaban J connectivity index is 2.05. The Kier molecular flexibility index (Phi) is 4.21. The van der Waals surface area contributed by atoms with Gasteiger partial charge in [0.05, 0.1) is 23.1 Å². The van der Waals surface area contributed by atoms with Gasteiger partial charge in [-0.2, -0.15) is 0 Å². The summed E-state index contributed by atoms with van der Waals surface area (Å²) in [5.41, 5.74) is 8.62. The largest absolute Gasteiger partial charge is 0.366 e. The van der Waals surface area contributed by atoms with E-state index in [9.17, 15) is 4.79 Å². The second-order valence-corrected chi connectivity index (χ2v) is 5.25. The molecular formula is C17H13ClN4O. The average molecular weight is 325 g/mol. The first-order chi connectivity index (χ1) is 11.1. The van der Waals surface area contributed by atoms with E-state index in [4.69, 9.17) is 17.3 Å². The van der Waals surface area contributed by atoms with Crippen LogP contribution in [0.25, 0.3) is 11.3 Å². The molecule has 3 aromatic rings. The molecule has 0 radical (unpaired) electrons. The first kappa shape index (κ1) is 15.0. The molecule has 0 atom stereocenters. The van der Waals surface area contributed by atoms with E-state index in [-0.39, 0.29) is 0 Å². The molecule has 3 N–H and O–H groups in total. The molecule has 0 aliphatic rings. The molecular weight excluding hydrogens is 312 g/mol. The number of hydrogen-bond acceptors (Lipinski definition) is 4. The summed E-state index contributed by atoms with van der Waals surface area (Å²) in [5.74, 6) is -0.526. The van der Waals surface area contributed by atoms with Crippen molar-refractivity contribution in [3.63, 3.8) is 0 Å². The molecule has 0 spiro atoms. The average Bonchev–Trinajstić information content (AvgIpc) is 2.57. The third-order valence-electron chi connectivity index (χ3n) is 3.27. The van der Waals surface area contributed by atoms with Crippen molar-refractivity contribution in [2.45, 2.75) is 0 Å². The number of aromatic nitrogens is 2. The molecule has 0 aliphatic heterocycles. The lowest BCUT2D eigenvalue weighted by Crippen LogP contribution is -2.13. The molecule has 0 saturated heterocycles. The van der Waals surface area contributed by atoms with Gasteiger partial charge in [-0.1, -0.05) is 11.6 Å².